The lowest BCUT2D eigenvalue weighted by atomic mass is 10.1. The Morgan fingerprint density at radius 1 is 1.38 bits per heavy atom. The van der Waals surface area contributed by atoms with E-state index in [-0.39, 0.29) is 11.9 Å². The number of esters is 1. The van der Waals surface area contributed by atoms with Crippen LogP contribution in [0.3, 0.4) is 0 Å². The Bertz CT molecular complexity index is 644. The van der Waals surface area contributed by atoms with Crippen molar-refractivity contribution in [2.24, 2.45) is 0 Å². The number of rotatable bonds is 4. The molecule has 1 unspecified atom stereocenters. The number of aromatic nitrogens is 2. The molecule has 1 heterocycles. The van der Waals surface area contributed by atoms with Crippen molar-refractivity contribution in [1.82, 2.24) is 10.1 Å². The number of hydrogen-bond acceptors (Lipinski definition) is 5. The summed E-state index contributed by atoms with van der Waals surface area (Å²) in [5.74, 6) is -0.193. The van der Waals surface area contributed by atoms with Crippen LogP contribution < -0.4 is 0 Å². The molecule has 0 aliphatic carbocycles. The summed E-state index contributed by atoms with van der Waals surface area (Å²) in [6, 6.07) is 3.95. The number of carbonyl (C=O) groups excluding carboxylic acids is 1. The third-order valence-corrected chi connectivity index (χ3v) is 4.40. The van der Waals surface area contributed by atoms with Crippen molar-refractivity contribution in [3.8, 4) is 11.4 Å². The summed E-state index contributed by atoms with van der Waals surface area (Å²) in [5, 5.41) is 3.95. The van der Waals surface area contributed by atoms with Gasteiger partial charge in [-0.2, -0.15) is 4.98 Å². The van der Waals surface area contributed by atoms with Crippen molar-refractivity contribution < 1.29 is 14.1 Å². The lowest BCUT2D eigenvalue weighted by Gasteiger charge is -2.05. The number of ether oxygens (including phenoxy) is 1. The van der Waals surface area contributed by atoms with Gasteiger partial charge in [-0.15, -0.1) is 0 Å². The molecule has 2 aromatic rings. The van der Waals surface area contributed by atoms with Gasteiger partial charge in [0.15, 0.2) is 0 Å². The number of benzene rings is 1. The second-order valence-corrected chi connectivity index (χ2v) is 5.65. The zero-order valence-corrected chi connectivity index (χ0v) is 14.0. The first kappa shape index (κ1) is 15.7. The third-order valence-electron chi connectivity index (χ3n) is 3.15. The van der Waals surface area contributed by atoms with Gasteiger partial charge in [0.2, 0.25) is 11.7 Å². The predicted molar refractivity (Wildman–Crippen MR) is 82.0 cm³/mol. The van der Waals surface area contributed by atoms with Crippen LogP contribution in [0.15, 0.2) is 21.1 Å². The van der Waals surface area contributed by atoms with Crippen LogP contribution in [0.1, 0.15) is 36.8 Å². The lowest BCUT2D eigenvalue weighted by molar-refractivity contribution is -0.145. The second kappa shape index (κ2) is 6.39. The molecule has 1 atom stereocenters. The maximum atomic E-state index is 11.7. The fourth-order valence-electron chi connectivity index (χ4n) is 1.97. The van der Waals surface area contributed by atoms with Crippen molar-refractivity contribution in [3.63, 3.8) is 0 Å². The highest BCUT2D eigenvalue weighted by atomic mass is 79.9. The van der Waals surface area contributed by atoms with Crippen molar-refractivity contribution in [1.29, 1.82) is 0 Å². The van der Waals surface area contributed by atoms with E-state index in [1.165, 1.54) is 0 Å². The fraction of sp³-hybridized carbons (Fsp3) is 0.400. The van der Waals surface area contributed by atoms with Crippen molar-refractivity contribution in [2.45, 2.75) is 33.6 Å². The van der Waals surface area contributed by atoms with Gasteiger partial charge in [-0.1, -0.05) is 21.1 Å². The Morgan fingerprint density at radius 3 is 2.57 bits per heavy atom. The summed E-state index contributed by atoms with van der Waals surface area (Å²) in [4.78, 5) is 16.0. The van der Waals surface area contributed by atoms with E-state index in [2.05, 4.69) is 26.1 Å². The van der Waals surface area contributed by atoms with E-state index in [4.69, 9.17) is 9.26 Å². The van der Waals surface area contributed by atoms with Gasteiger partial charge in [0.05, 0.1) is 6.61 Å². The summed E-state index contributed by atoms with van der Waals surface area (Å²) in [6.45, 7) is 7.78. The molecular weight excluding hydrogens is 336 g/mol. The molecule has 0 radical (unpaired) electrons. The smallest absolute Gasteiger partial charge is 0.318 e. The molecule has 0 spiro atoms. The molecule has 0 aliphatic heterocycles. The van der Waals surface area contributed by atoms with Gasteiger partial charge in [-0.3, -0.25) is 4.79 Å². The average Bonchev–Trinajstić information content (AvgIpc) is 2.93. The number of halogens is 1. The van der Waals surface area contributed by atoms with Crippen LogP contribution >= 0.6 is 15.9 Å². The first-order valence-electron chi connectivity index (χ1n) is 6.71. The largest absolute Gasteiger partial charge is 0.465 e. The molecule has 21 heavy (non-hydrogen) atoms. The zero-order chi connectivity index (χ0) is 15.6. The predicted octanol–water partition coefficient (Wildman–Crippen LogP) is 3.78. The highest BCUT2D eigenvalue weighted by molar-refractivity contribution is 9.10. The minimum atomic E-state index is -0.566. The maximum Gasteiger partial charge on any atom is 0.318 e. The molecule has 0 bridgehead atoms. The van der Waals surface area contributed by atoms with E-state index in [0.717, 1.165) is 21.2 Å². The Balaban J connectivity index is 2.30. The molecule has 1 aromatic heterocycles. The van der Waals surface area contributed by atoms with Crippen LogP contribution in [0.25, 0.3) is 11.4 Å². The van der Waals surface area contributed by atoms with Crippen LogP contribution in [0.2, 0.25) is 0 Å². The van der Waals surface area contributed by atoms with Gasteiger partial charge < -0.3 is 9.26 Å². The molecule has 0 N–H and O–H groups in total. The van der Waals surface area contributed by atoms with E-state index in [1.54, 1.807) is 13.8 Å². The average molecular weight is 353 g/mol. The van der Waals surface area contributed by atoms with Gasteiger partial charge in [0, 0.05) is 10.0 Å². The van der Waals surface area contributed by atoms with Crippen LogP contribution in [-0.4, -0.2) is 22.7 Å². The molecular formula is C15H17BrN2O3. The Morgan fingerprint density at radius 2 is 2.00 bits per heavy atom. The quantitative estimate of drug-likeness (QED) is 0.783. The topological polar surface area (TPSA) is 65.2 Å². The second-order valence-electron chi connectivity index (χ2n) is 4.85. The van der Waals surface area contributed by atoms with Gasteiger partial charge >= 0.3 is 5.97 Å². The van der Waals surface area contributed by atoms with Crippen LogP contribution in [-0.2, 0) is 9.53 Å². The number of aryl methyl sites for hydroxylation is 2. The standard InChI is InChI=1S/C15H17BrN2O3/c1-5-20-15(19)10(4)14-17-13(18-21-14)11-6-8(2)12(16)9(3)7-11/h6-7,10H,5H2,1-4H3. The van der Waals surface area contributed by atoms with Gasteiger partial charge in [-0.25, -0.2) is 0 Å². The van der Waals surface area contributed by atoms with Crippen LogP contribution in [0.5, 0.6) is 0 Å². The summed E-state index contributed by atoms with van der Waals surface area (Å²) in [6.07, 6.45) is 0. The Hall–Kier alpha value is -1.69. The molecule has 1 aromatic carbocycles. The molecule has 6 heteroatoms. The zero-order valence-electron chi connectivity index (χ0n) is 12.4. The molecule has 0 saturated heterocycles. The lowest BCUT2D eigenvalue weighted by Crippen LogP contribution is -2.13. The Labute approximate surface area is 131 Å². The highest BCUT2D eigenvalue weighted by Gasteiger charge is 2.23. The first-order valence-corrected chi connectivity index (χ1v) is 7.50. The summed E-state index contributed by atoms with van der Waals surface area (Å²) >= 11 is 3.53. The molecule has 112 valence electrons. The molecule has 0 fully saturated rings. The maximum absolute atomic E-state index is 11.7. The normalized spacial score (nSPS) is 12.2. The molecule has 0 aliphatic rings. The minimum Gasteiger partial charge on any atom is -0.465 e. The molecule has 0 saturated carbocycles. The van der Waals surface area contributed by atoms with E-state index in [1.807, 2.05) is 26.0 Å². The van der Waals surface area contributed by atoms with E-state index >= 15 is 0 Å². The number of nitrogens with zero attached hydrogens (tertiary/aromatic N) is 2. The van der Waals surface area contributed by atoms with Crippen LogP contribution in [0, 0.1) is 13.8 Å². The summed E-state index contributed by atoms with van der Waals surface area (Å²) in [5.41, 5.74) is 3.05. The minimum absolute atomic E-state index is 0.265. The number of hydrogen-bond donors (Lipinski definition) is 0. The Kier molecular flexibility index (Phi) is 4.77. The van der Waals surface area contributed by atoms with Crippen molar-refractivity contribution in [3.05, 3.63) is 33.6 Å². The van der Waals surface area contributed by atoms with Gasteiger partial charge in [-0.05, 0) is 51.0 Å². The summed E-state index contributed by atoms with van der Waals surface area (Å²) in [7, 11) is 0. The van der Waals surface area contributed by atoms with Gasteiger partial charge in [0.1, 0.15) is 5.92 Å². The third kappa shape index (κ3) is 3.32. The molecule has 2 rings (SSSR count). The SMILES string of the molecule is CCOC(=O)C(C)c1nc(-c2cc(C)c(Br)c(C)c2)no1. The van der Waals surface area contributed by atoms with Crippen molar-refractivity contribution in [2.75, 3.05) is 6.61 Å². The van der Waals surface area contributed by atoms with Gasteiger partial charge in [0.25, 0.3) is 0 Å². The molecule has 0 amide bonds. The van der Waals surface area contributed by atoms with Crippen molar-refractivity contribution >= 4 is 21.9 Å². The summed E-state index contributed by atoms with van der Waals surface area (Å²) < 4.78 is 11.2. The number of carbonyl (C=O) groups is 1. The molecule has 5 nitrogen and oxygen atoms in total. The van der Waals surface area contributed by atoms with Crippen LogP contribution in [0.4, 0.5) is 0 Å². The highest BCUT2D eigenvalue weighted by Crippen LogP contribution is 2.28. The van der Waals surface area contributed by atoms with E-state index in [9.17, 15) is 4.79 Å². The monoisotopic (exact) mass is 352 g/mol. The first-order chi connectivity index (χ1) is 9.93. The van der Waals surface area contributed by atoms with E-state index < -0.39 is 5.92 Å². The fourth-order valence-corrected chi connectivity index (χ4v) is 2.20. The van der Waals surface area contributed by atoms with E-state index in [0.29, 0.717) is 12.4 Å².